The van der Waals surface area contributed by atoms with Crippen LogP contribution in [0.5, 0.6) is 0 Å². The predicted molar refractivity (Wildman–Crippen MR) is 66.4 cm³/mol. The van der Waals surface area contributed by atoms with Crippen LogP contribution in [0.3, 0.4) is 0 Å². The normalized spacial score (nSPS) is 11.9. The zero-order valence-electron chi connectivity index (χ0n) is 9.89. The average molecular weight is 241 g/mol. The maximum absolute atomic E-state index is 13.2. The highest BCUT2D eigenvalue weighted by atomic mass is 19.1. The van der Waals surface area contributed by atoms with E-state index < -0.39 is 6.10 Å². The van der Waals surface area contributed by atoms with Gasteiger partial charge in [0, 0.05) is 0 Å². The summed E-state index contributed by atoms with van der Waals surface area (Å²) in [7, 11) is 0. The van der Waals surface area contributed by atoms with Crippen LogP contribution in [-0.2, 0) is 0 Å². The van der Waals surface area contributed by atoms with Crippen LogP contribution >= 0.6 is 0 Å². The average Bonchev–Trinajstić information content (AvgIpc) is 2.41. The van der Waals surface area contributed by atoms with Gasteiger partial charge >= 0.3 is 0 Å². The van der Waals surface area contributed by atoms with Crippen molar-refractivity contribution in [3.05, 3.63) is 70.5 Å². The number of halogens is 1. The molecule has 0 saturated carbocycles. The molecule has 18 heavy (non-hydrogen) atoms. The SMILES string of the molecule is Cc1ccc(F)cc1C(O)c1cccc(C#N)c1. The summed E-state index contributed by atoms with van der Waals surface area (Å²) < 4.78 is 13.2. The molecule has 1 N–H and O–H groups in total. The maximum Gasteiger partial charge on any atom is 0.123 e. The molecule has 90 valence electrons. The van der Waals surface area contributed by atoms with Gasteiger partial charge < -0.3 is 5.11 Å². The third-order valence-corrected chi connectivity index (χ3v) is 2.87. The Morgan fingerprint density at radius 1 is 1.22 bits per heavy atom. The third kappa shape index (κ3) is 2.39. The van der Waals surface area contributed by atoms with Crippen molar-refractivity contribution in [1.82, 2.24) is 0 Å². The van der Waals surface area contributed by atoms with Gasteiger partial charge in [-0.3, -0.25) is 0 Å². The second-order valence-corrected chi connectivity index (χ2v) is 4.14. The summed E-state index contributed by atoms with van der Waals surface area (Å²) in [6, 6.07) is 13.0. The van der Waals surface area contributed by atoms with Crippen molar-refractivity contribution in [1.29, 1.82) is 5.26 Å². The second kappa shape index (κ2) is 4.99. The highest BCUT2D eigenvalue weighted by Gasteiger charge is 2.14. The van der Waals surface area contributed by atoms with E-state index in [1.165, 1.54) is 12.1 Å². The van der Waals surface area contributed by atoms with Crippen molar-refractivity contribution in [2.75, 3.05) is 0 Å². The van der Waals surface area contributed by atoms with Crippen molar-refractivity contribution in [2.24, 2.45) is 0 Å². The number of aliphatic hydroxyl groups is 1. The summed E-state index contributed by atoms with van der Waals surface area (Å²) in [6.07, 6.45) is -0.922. The van der Waals surface area contributed by atoms with Crippen molar-refractivity contribution in [3.63, 3.8) is 0 Å². The van der Waals surface area contributed by atoms with Gasteiger partial charge in [-0.15, -0.1) is 0 Å². The van der Waals surface area contributed by atoms with Gasteiger partial charge in [0.15, 0.2) is 0 Å². The monoisotopic (exact) mass is 241 g/mol. The van der Waals surface area contributed by atoms with Crippen LogP contribution < -0.4 is 0 Å². The molecular weight excluding hydrogens is 229 g/mol. The lowest BCUT2D eigenvalue weighted by Crippen LogP contribution is -2.03. The molecule has 2 aromatic carbocycles. The minimum atomic E-state index is -0.922. The van der Waals surface area contributed by atoms with Crippen LogP contribution in [0.1, 0.15) is 28.4 Å². The molecule has 3 heteroatoms. The molecule has 0 aromatic heterocycles. The number of hydrogen-bond acceptors (Lipinski definition) is 2. The molecule has 0 amide bonds. The van der Waals surface area contributed by atoms with Crippen LogP contribution in [0, 0.1) is 24.1 Å². The van der Waals surface area contributed by atoms with Gasteiger partial charge in [0.25, 0.3) is 0 Å². The summed E-state index contributed by atoms with van der Waals surface area (Å²) >= 11 is 0. The molecule has 0 fully saturated rings. The topological polar surface area (TPSA) is 44.0 Å². The van der Waals surface area contributed by atoms with Gasteiger partial charge in [-0.25, -0.2) is 4.39 Å². The molecule has 2 aromatic rings. The molecule has 1 unspecified atom stereocenters. The fraction of sp³-hybridized carbons (Fsp3) is 0.133. The summed E-state index contributed by atoms with van der Waals surface area (Å²) in [6.45, 7) is 1.81. The standard InChI is InChI=1S/C15H12FNO/c1-10-5-6-13(16)8-14(10)15(18)12-4-2-3-11(7-12)9-17/h2-8,15,18H,1H3. The van der Waals surface area contributed by atoms with Gasteiger partial charge in [-0.05, 0) is 47.9 Å². The van der Waals surface area contributed by atoms with Crippen molar-refractivity contribution in [2.45, 2.75) is 13.0 Å². The van der Waals surface area contributed by atoms with Gasteiger partial charge in [0.2, 0.25) is 0 Å². The van der Waals surface area contributed by atoms with Gasteiger partial charge in [-0.2, -0.15) is 5.26 Å². The lowest BCUT2D eigenvalue weighted by atomic mass is 9.96. The summed E-state index contributed by atoms with van der Waals surface area (Å²) in [5.74, 6) is -0.383. The molecule has 0 heterocycles. The number of hydrogen-bond donors (Lipinski definition) is 1. The molecule has 0 aliphatic heterocycles. The van der Waals surface area contributed by atoms with Crippen LogP contribution in [0.25, 0.3) is 0 Å². The molecule has 0 spiro atoms. The molecule has 0 saturated heterocycles. The zero-order chi connectivity index (χ0) is 13.1. The molecule has 2 nitrogen and oxygen atoms in total. The van der Waals surface area contributed by atoms with E-state index in [1.807, 2.05) is 13.0 Å². The first-order chi connectivity index (χ1) is 8.61. The Hall–Kier alpha value is -2.18. The predicted octanol–water partition coefficient (Wildman–Crippen LogP) is 3.09. The number of aryl methyl sites for hydroxylation is 1. The number of benzene rings is 2. The number of rotatable bonds is 2. The van der Waals surface area contributed by atoms with Crippen molar-refractivity contribution >= 4 is 0 Å². The third-order valence-electron chi connectivity index (χ3n) is 2.87. The van der Waals surface area contributed by atoms with Gasteiger partial charge in [-0.1, -0.05) is 18.2 Å². The van der Waals surface area contributed by atoms with Crippen LogP contribution in [0.4, 0.5) is 4.39 Å². The molecule has 0 aliphatic rings. The highest BCUT2D eigenvalue weighted by Crippen LogP contribution is 2.25. The largest absolute Gasteiger partial charge is 0.384 e. The quantitative estimate of drug-likeness (QED) is 0.878. The Balaban J connectivity index is 2.44. The van der Waals surface area contributed by atoms with Gasteiger partial charge in [0.1, 0.15) is 11.9 Å². The summed E-state index contributed by atoms with van der Waals surface area (Å²) in [4.78, 5) is 0. The Kier molecular flexibility index (Phi) is 3.40. The number of aliphatic hydroxyl groups excluding tert-OH is 1. The molecular formula is C15H12FNO. The van der Waals surface area contributed by atoms with Crippen molar-refractivity contribution < 1.29 is 9.50 Å². The maximum atomic E-state index is 13.2. The van der Waals surface area contributed by atoms with E-state index in [0.717, 1.165) is 5.56 Å². The lowest BCUT2D eigenvalue weighted by molar-refractivity contribution is 0.219. The number of nitrogens with zero attached hydrogens (tertiary/aromatic N) is 1. The molecule has 2 rings (SSSR count). The number of nitriles is 1. The van der Waals surface area contributed by atoms with Crippen LogP contribution in [0.15, 0.2) is 42.5 Å². The van der Waals surface area contributed by atoms with Gasteiger partial charge in [0.05, 0.1) is 11.6 Å². The zero-order valence-corrected chi connectivity index (χ0v) is 9.89. The Bertz CT molecular complexity index is 616. The molecule has 0 bridgehead atoms. The smallest absolute Gasteiger partial charge is 0.123 e. The van der Waals surface area contributed by atoms with E-state index in [-0.39, 0.29) is 5.82 Å². The van der Waals surface area contributed by atoms with E-state index in [2.05, 4.69) is 0 Å². The second-order valence-electron chi connectivity index (χ2n) is 4.14. The fourth-order valence-electron chi connectivity index (χ4n) is 1.86. The van der Waals surface area contributed by atoms with E-state index >= 15 is 0 Å². The Labute approximate surface area is 105 Å². The van der Waals surface area contributed by atoms with Crippen LogP contribution in [0.2, 0.25) is 0 Å². The lowest BCUT2D eigenvalue weighted by Gasteiger charge is -2.14. The van der Waals surface area contributed by atoms with Crippen molar-refractivity contribution in [3.8, 4) is 6.07 Å². The molecule has 0 radical (unpaired) electrons. The summed E-state index contributed by atoms with van der Waals surface area (Å²) in [5.41, 5.74) is 2.39. The Morgan fingerprint density at radius 2 is 2.00 bits per heavy atom. The van der Waals surface area contributed by atoms with Crippen LogP contribution in [-0.4, -0.2) is 5.11 Å². The summed E-state index contributed by atoms with van der Waals surface area (Å²) in [5, 5.41) is 19.1. The first kappa shape index (κ1) is 12.3. The van der Waals surface area contributed by atoms with E-state index in [9.17, 15) is 9.50 Å². The minimum absolute atomic E-state index is 0.383. The molecule has 1 atom stereocenters. The minimum Gasteiger partial charge on any atom is -0.384 e. The first-order valence-electron chi connectivity index (χ1n) is 5.56. The molecule has 0 aliphatic carbocycles. The van der Waals surface area contributed by atoms with E-state index in [0.29, 0.717) is 16.7 Å². The van der Waals surface area contributed by atoms with E-state index in [4.69, 9.17) is 5.26 Å². The first-order valence-corrected chi connectivity index (χ1v) is 5.56. The Morgan fingerprint density at radius 3 is 2.72 bits per heavy atom. The van der Waals surface area contributed by atoms with E-state index in [1.54, 1.807) is 30.3 Å². The fourth-order valence-corrected chi connectivity index (χ4v) is 1.86. The highest BCUT2D eigenvalue weighted by molar-refractivity contribution is 5.39.